The molecule has 0 radical (unpaired) electrons. The highest BCUT2D eigenvalue weighted by atomic mass is 35.5. The van der Waals surface area contributed by atoms with Crippen molar-refractivity contribution in [1.29, 1.82) is 0 Å². The van der Waals surface area contributed by atoms with Crippen molar-refractivity contribution in [3.63, 3.8) is 0 Å². The fourth-order valence-corrected chi connectivity index (χ4v) is 2.92. The van der Waals surface area contributed by atoms with E-state index in [1.165, 1.54) is 36.1 Å². The lowest BCUT2D eigenvalue weighted by atomic mass is 9.88. The standard InChI is InChI=1S/C17H16ClFO/c18-15-8-7-14(10-16(15)19)17(20)13-6-5-11-3-1-2-4-12(11)9-13/h5-10,17,20H,1-4H2. The maximum Gasteiger partial charge on any atom is 0.142 e. The minimum Gasteiger partial charge on any atom is -0.384 e. The third-order valence-corrected chi connectivity index (χ3v) is 4.25. The topological polar surface area (TPSA) is 20.2 Å². The van der Waals surface area contributed by atoms with Crippen molar-refractivity contribution >= 4 is 11.6 Å². The molecule has 3 rings (SSSR count). The third-order valence-electron chi connectivity index (χ3n) is 3.95. The van der Waals surface area contributed by atoms with E-state index in [0.29, 0.717) is 5.56 Å². The van der Waals surface area contributed by atoms with Gasteiger partial charge in [0.1, 0.15) is 11.9 Å². The molecular weight excluding hydrogens is 275 g/mol. The summed E-state index contributed by atoms with van der Waals surface area (Å²) in [4.78, 5) is 0. The smallest absolute Gasteiger partial charge is 0.142 e. The van der Waals surface area contributed by atoms with Crippen LogP contribution < -0.4 is 0 Å². The van der Waals surface area contributed by atoms with Gasteiger partial charge in [-0.15, -0.1) is 0 Å². The quantitative estimate of drug-likeness (QED) is 0.867. The van der Waals surface area contributed by atoms with E-state index in [1.54, 1.807) is 6.07 Å². The molecule has 0 aromatic heterocycles. The van der Waals surface area contributed by atoms with Gasteiger partial charge in [-0.25, -0.2) is 4.39 Å². The fraction of sp³-hybridized carbons (Fsp3) is 0.294. The van der Waals surface area contributed by atoms with Gasteiger partial charge in [0.15, 0.2) is 0 Å². The highest BCUT2D eigenvalue weighted by Crippen LogP contribution is 2.29. The Hall–Kier alpha value is -1.38. The third kappa shape index (κ3) is 2.58. The van der Waals surface area contributed by atoms with E-state index in [2.05, 4.69) is 6.07 Å². The number of aliphatic hydroxyl groups excluding tert-OH is 1. The van der Waals surface area contributed by atoms with Crippen molar-refractivity contribution in [1.82, 2.24) is 0 Å². The SMILES string of the molecule is OC(c1ccc(Cl)c(F)c1)c1ccc2c(c1)CCCC2. The Morgan fingerprint density at radius 3 is 2.35 bits per heavy atom. The normalized spacial score (nSPS) is 15.8. The van der Waals surface area contributed by atoms with Gasteiger partial charge in [0.25, 0.3) is 0 Å². The van der Waals surface area contributed by atoms with Gasteiger partial charge >= 0.3 is 0 Å². The second-order valence-corrected chi connectivity index (χ2v) is 5.72. The Morgan fingerprint density at radius 1 is 0.950 bits per heavy atom. The zero-order valence-corrected chi connectivity index (χ0v) is 11.8. The van der Waals surface area contributed by atoms with E-state index in [-0.39, 0.29) is 5.02 Å². The predicted octanol–water partition coefficient (Wildman–Crippen LogP) is 4.44. The van der Waals surface area contributed by atoms with Gasteiger partial charge in [0, 0.05) is 0 Å². The number of benzene rings is 2. The number of halogens is 2. The summed E-state index contributed by atoms with van der Waals surface area (Å²) in [5.41, 5.74) is 4.02. The van der Waals surface area contributed by atoms with E-state index in [9.17, 15) is 9.50 Å². The molecule has 20 heavy (non-hydrogen) atoms. The Bertz CT molecular complexity index is 639. The molecule has 0 heterocycles. The van der Waals surface area contributed by atoms with Crippen LogP contribution in [0.25, 0.3) is 0 Å². The van der Waals surface area contributed by atoms with Crippen LogP contribution in [-0.2, 0) is 12.8 Å². The highest BCUT2D eigenvalue weighted by molar-refractivity contribution is 6.30. The molecule has 0 spiro atoms. The van der Waals surface area contributed by atoms with Gasteiger partial charge in [-0.3, -0.25) is 0 Å². The molecule has 2 aromatic rings. The Kier molecular flexibility index (Phi) is 3.77. The van der Waals surface area contributed by atoms with Gasteiger partial charge < -0.3 is 5.11 Å². The molecule has 1 atom stereocenters. The molecule has 1 aliphatic rings. The number of hydrogen-bond acceptors (Lipinski definition) is 1. The van der Waals surface area contributed by atoms with E-state index in [4.69, 9.17) is 11.6 Å². The van der Waals surface area contributed by atoms with E-state index in [1.807, 2.05) is 12.1 Å². The Labute approximate surface area is 123 Å². The van der Waals surface area contributed by atoms with Crippen LogP contribution in [0.2, 0.25) is 5.02 Å². The minimum atomic E-state index is -0.811. The van der Waals surface area contributed by atoms with E-state index < -0.39 is 11.9 Å². The number of fused-ring (bicyclic) bond motifs is 1. The number of rotatable bonds is 2. The first-order valence-electron chi connectivity index (χ1n) is 6.90. The van der Waals surface area contributed by atoms with Crippen LogP contribution in [0.1, 0.15) is 41.2 Å². The summed E-state index contributed by atoms with van der Waals surface area (Å²) in [5, 5.41) is 10.5. The van der Waals surface area contributed by atoms with Gasteiger partial charge in [-0.05, 0) is 60.1 Å². The van der Waals surface area contributed by atoms with Crippen molar-refractivity contribution in [2.45, 2.75) is 31.8 Å². The highest BCUT2D eigenvalue weighted by Gasteiger charge is 2.16. The molecule has 0 amide bonds. The molecule has 3 heteroatoms. The summed E-state index contributed by atoms with van der Waals surface area (Å²) in [5.74, 6) is -0.499. The molecule has 0 saturated carbocycles. The number of hydrogen-bond donors (Lipinski definition) is 1. The predicted molar refractivity (Wildman–Crippen MR) is 78.6 cm³/mol. The monoisotopic (exact) mass is 290 g/mol. The van der Waals surface area contributed by atoms with Gasteiger partial charge in [0.05, 0.1) is 5.02 Å². The van der Waals surface area contributed by atoms with Crippen LogP contribution in [-0.4, -0.2) is 5.11 Å². The zero-order valence-electron chi connectivity index (χ0n) is 11.1. The fourth-order valence-electron chi connectivity index (χ4n) is 2.80. The first-order valence-corrected chi connectivity index (χ1v) is 7.27. The maximum atomic E-state index is 13.5. The first-order chi connectivity index (χ1) is 9.65. The Balaban J connectivity index is 1.93. The van der Waals surface area contributed by atoms with Crippen LogP contribution in [0.3, 0.4) is 0 Å². The summed E-state index contributed by atoms with van der Waals surface area (Å²) in [6, 6.07) is 10.5. The van der Waals surface area contributed by atoms with Crippen molar-refractivity contribution < 1.29 is 9.50 Å². The minimum absolute atomic E-state index is 0.0754. The second-order valence-electron chi connectivity index (χ2n) is 5.31. The zero-order chi connectivity index (χ0) is 14.1. The largest absolute Gasteiger partial charge is 0.384 e. The van der Waals surface area contributed by atoms with Crippen LogP contribution in [0.15, 0.2) is 36.4 Å². The van der Waals surface area contributed by atoms with E-state index >= 15 is 0 Å². The summed E-state index contributed by atoms with van der Waals surface area (Å²) >= 11 is 5.67. The molecule has 1 N–H and O–H groups in total. The molecule has 0 fully saturated rings. The van der Waals surface area contributed by atoms with Gasteiger partial charge in [-0.2, -0.15) is 0 Å². The lowest BCUT2D eigenvalue weighted by molar-refractivity contribution is 0.219. The van der Waals surface area contributed by atoms with Crippen molar-refractivity contribution in [2.75, 3.05) is 0 Å². The molecule has 1 nitrogen and oxygen atoms in total. The summed E-state index contributed by atoms with van der Waals surface area (Å²) < 4.78 is 13.5. The van der Waals surface area contributed by atoms with Crippen LogP contribution in [0, 0.1) is 5.82 Å². The number of aryl methyl sites for hydroxylation is 2. The first kappa shape index (κ1) is 13.6. The summed E-state index contributed by atoms with van der Waals surface area (Å²) in [6.07, 6.45) is 3.79. The van der Waals surface area contributed by atoms with E-state index in [0.717, 1.165) is 18.4 Å². The van der Waals surface area contributed by atoms with Crippen LogP contribution in [0.5, 0.6) is 0 Å². The lowest BCUT2D eigenvalue weighted by Gasteiger charge is -2.19. The second kappa shape index (κ2) is 5.55. The van der Waals surface area contributed by atoms with Crippen LogP contribution in [0.4, 0.5) is 4.39 Å². The molecule has 2 aromatic carbocycles. The summed E-state index contributed by atoms with van der Waals surface area (Å²) in [6.45, 7) is 0. The Morgan fingerprint density at radius 2 is 1.60 bits per heavy atom. The van der Waals surface area contributed by atoms with Crippen molar-refractivity contribution in [2.24, 2.45) is 0 Å². The molecule has 0 saturated heterocycles. The van der Waals surface area contributed by atoms with Gasteiger partial charge in [0.2, 0.25) is 0 Å². The van der Waals surface area contributed by atoms with Crippen molar-refractivity contribution in [3.05, 3.63) is 69.5 Å². The number of aliphatic hydroxyl groups is 1. The van der Waals surface area contributed by atoms with Gasteiger partial charge in [-0.1, -0.05) is 35.9 Å². The van der Waals surface area contributed by atoms with Crippen molar-refractivity contribution in [3.8, 4) is 0 Å². The molecule has 0 bridgehead atoms. The molecule has 104 valence electrons. The molecule has 0 aliphatic heterocycles. The average molecular weight is 291 g/mol. The molecule has 1 unspecified atom stereocenters. The summed E-state index contributed by atoms with van der Waals surface area (Å²) in [7, 11) is 0. The van der Waals surface area contributed by atoms with Crippen LogP contribution >= 0.6 is 11.6 Å². The average Bonchev–Trinajstić information content (AvgIpc) is 2.49. The molecular formula is C17H16ClFO. The molecule has 1 aliphatic carbocycles. The maximum absolute atomic E-state index is 13.5. The lowest BCUT2D eigenvalue weighted by Crippen LogP contribution is -2.06.